The highest BCUT2D eigenvalue weighted by Crippen LogP contribution is 2.41. The van der Waals surface area contributed by atoms with Crippen LogP contribution in [0.4, 0.5) is 0 Å². The molecule has 1 aliphatic carbocycles. The Labute approximate surface area is 152 Å². The maximum atomic E-state index is 12.8. The smallest absolute Gasteiger partial charge is 0.255 e. The number of hydrogen-bond acceptors (Lipinski definition) is 4. The SMILES string of the molecule is C[C@@H]1CN(C(=O)CNC(=O)[C@H]2c3ccccc3C(=O)N2C2CC2)CCO1. The van der Waals surface area contributed by atoms with Crippen LogP contribution in [0.3, 0.4) is 0 Å². The summed E-state index contributed by atoms with van der Waals surface area (Å²) in [6, 6.07) is 6.73. The molecule has 2 atom stereocenters. The van der Waals surface area contributed by atoms with E-state index in [0.29, 0.717) is 25.3 Å². The van der Waals surface area contributed by atoms with Crippen LogP contribution in [-0.2, 0) is 14.3 Å². The highest BCUT2D eigenvalue weighted by Gasteiger charge is 2.47. The summed E-state index contributed by atoms with van der Waals surface area (Å²) < 4.78 is 5.44. The summed E-state index contributed by atoms with van der Waals surface area (Å²) in [6.07, 6.45) is 1.86. The molecule has 138 valence electrons. The number of morpholine rings is 1. The minimum absolute atomic E-state index is 0.00749. The molecule has 0 spiro atoms. The first-order valence-corrected chi connectivity index (χ1v) is 9.15. The molecule has 26 heavy (non-hydrogen) atoms. The third-order valence-corrected chi connectivity index (χ3v) is 5.19. The molecular weight excluding hydrogens is 334 g/mol. The van der Waals surface area contributed by atoms with Crippen molar-refractivity contribution in [3.8, 4) is 0 Å². The fourth-order valence-corrected chi connectivity index (χ4v) is 3.75. The molecule has 4 rings (SSSR count). The van der Waals surface area contributed by atoms with Gasteiger partial charge in [0.15, 0.2) is 0 Å². The van der Waals surface area contributed by atoms with Crippen molar-refractivity contribution in [1.29, 1.82) is 0 Å². The summed E-state index contributed by atoms with van der Waals surface area (Å²) in [7, 11) is 0. The normalized spacial score (nSPS) is 25.2. The third-order valence-electron chi connectivity index (χ3n) is 5.19. The van der Waals surface area contributed by atoms with E-state index in [9.17, 15) is 14.4 Å². The zero-order chi connectivity index (χ0) is 18.3. The van der Waals surface area contributed by atoms with Gasteiger partial charge >= 0.3 is 0 Å². The fraction of sp³-hybridized carbons (Fsp3) is 0.526. The number of nitrogens with one attached hydrogen (secondary N) is 1. The molecule has 1 N–H and O–H groups in total. The molecule has 0 aromatic heterocycles. The Morgan fingerprint density at radius 3 is 2.77 bits per heavy atom. The number of hydrogen-bond donors (Lipinski definition) is 1. The van der Waals surface area contributed by atoms with Crippen LogP contribution < -0.4 is 5.32 Å². The van der Waals surface area contributed by atoms with Crippen LogP contribution in [0.2, 0.25) is 0 Å². The lowest BCUT2D eigenvalue weighted by atomic mass is 10.0. The van der Waals surface area contributed by atoms with Crippen LogP contribution in [0.25, 0.3) is 0 Å². The number of ether oxygens (including phenoxy) is 1. The summed E-state index contributed by atoms with van der Waals surface area (Å²) >= 11 is 0. The molecule has 3 aliphatic rings. The zero-order valence-electron chi connectivity index (χ0n) is 14.8. The second-order valence-corrected chi connectivity index (χ2v) is 7.17. The number of rotatable bonds is 4. The molecule has 1 aromatic rings. The van der Waals surface area contributed by atoms with Crippen LogP contribution in [-0.4, -0.2) is 65.9 Å². The van der Waals surface area contributed by atoms with Gasteiger partial charge in [-0.1, -0.05) is 18.2 Å². The van der Waals surface area contributed by atoms with E-state index in [4.69, 9.17) is 4.74 Å². The van der Waals surface area contributed by atoms with Crippen LogP contribution in [0.5, 0.6) is 0 Å². The number of benzene rings is 1. The summed E-state index contributed by atoms with van der Waals surface area (Å²) in [5.41, 5.74) is 1.32. The van der Waals surface area contributed by atoms with Gasteiger partial charge in [0.2, 0.25) is 11.8 Å². The minimum atomic E-state index is -0.636. The van der Waals surface area contributed by atoms with E-state index >= 15 is 0 Å². The van der Waals surface area contributed by atoms with Crippen molar-refractivity contribution in [3.63, 3.8) is 0 Å². The molecule has 7 heteroatoms. The van der Waals surface area contributed by atoms with Gasteiger partial charge in [0, 0.05) is 24.7 Å². The second kappa shape index (κ2) is 6.72. The number of carbonyl (C=O) groups excluding carboxylic acids is 3. The Kier molecular flexibility index (Phi) is 4.40. The fourth-order valence-electron chi connectivity index (χ4n) is 3.75. The van der Waals surface area contributed by atoms with E-state index < -0.39 is 6.04 Å². The maximum absolute atomic E-state index is 12.8. The second-order valence-electron chi connectivity index (χ2n) is 7.17. The zero-order valence-corrected chi connectivity index (χ0v) is 14.8. The van der Waals surface area contributed by atoms with Crippen molar-refractivity contribution < 1.29 is 19.1 Å². The maximum Gasteiger partial charge on any atom is 0.255 e. The molecule has 7 nitrogen and oxygen atoms in total. The largest absolute Gasteiger partial charge is 0.375 e. The lowest BCUT2D eigenvalue weighted by Crippen LogP contribution is -2.49. The molecular formula is C19H23N3O4. The lowest BCUT2D eigenvalue weighted by Gasteiger charge is -2.31. The van der Waals surface area contributed by atoms with E-state index in [-0.39, 0.29) is 36.4 Å². The first-order valence-electron chi connectivity index (χ1n) is 9.15. The number of amides is 3. The molecule has 1 saturated heterocycles. The van der Waals surface area contributed by atoms with Gasteiger partial charge in [-0.05, 0) is 31.4 Å². The van der Waals surface area contributed by atoms with Crippen LogP contribution in [0.15, 0.2) is 24.3 Å². The Morgan fingerprint density at radius 2 is 2.04 bits per heavy atom. The molecule has 2 heterocycles. The highest BCUT2D eigenvalue weighted by molar-refractivity contribution is 6.05. The molecule has 2 fully saturated rings. The molecule has 1 aromatic carbocycles. The van der Waals surface area contributed by atoms with Gasteiger partial charge in [-0.25, -0.2) is 0 Å². The molecule has 0 radical (unpaired) electrons. The van der Waals surface area contributed by atoms with Gasteiger partial charge in [0.25, 0.3) is 5.91 Å². The number of nitrogens with zero attached hydrogens (tertiary/aromatic N) is 2. The molecule has 0 bridgehead atoms. The van der Waals surface area contributed by atoms with E-state index in [2.05, 4.69) is 5.32 Å². The average molecular weight is 357 g/mol. The summed E-state index contributed by atoms with van der Waals surface area (Å²) in [4.78, 5) is 41.3. The van der Waals surface area contributed by atoms with Gasteiger partial charge in [0.05, 0.1) is 19.3 Å². The topological polar surface area (TPSA) is 79.0 Å². The van der Waals surface area contributed by atoms with Gasteiger partial charge in [-0.2, -0.15) is 0 Å². The van der Waals surface area contributed by atoms with Gasteiger partial charge in [-0.15, -0.1) is 0 Å². The quantitative estimate of drug-likeness (QED) is 0.861. The molecule has 2 aliphatic heterocycles. The van der Waals surface area contributed by atoms with Gasteiger partial charge < -0.3 is 19.9 Å². The number of fused-ring (bicyclic) bond motifs is 1. The van der Waals surface area contributed by atoms with Gasteiger partial charge in [-0.3, -0.25) is 14.4 Å². The Morgan fingerprint density at radius 1 is 1.27 bits per heavy atom. The van der Waals surface area contributed by atoms with E-state index in [0.717, 1.165) is 18.4 Å². The summed E-state index contributed by atoms with van der Waals surface area (Å²) in [5, 5.41) is 2.75. The van der Waals surface area contributed by atoms with Crippen molar-refractivity contribution in [3.05, 3.63) is 35.4 Å². The average Bonchev–Trinajstić information content (AvgIpc) is 3.44. The molecule has 3 amide bonds. The molecule has 0 unspecified atom stereocenters. The monoisotopic (exact) mass is 357 g/mol. The Hall–Kier alpha value is -2.41. The molecule has 1 saturated carbocycles. The van der Waals surface area contributed by atoms with Crippen molar-refractivity contribution in [2.75, 3.05) is 26.2 Å². The van der Waals surface area contributed by atoms with Crippen molar-refractivity contribution >= 4 is 17.7 Å². The first-order chi connectivity index (χ1) is 12.6. The van der Waals surface area contributed by atoms with Crippen LogP contribution in [0.1, 0.15) is 41.7 Å². The van der Waals surface area contributed by atoms with Crippen LogP contribution >= 0.6 is 0 Å². The van der Waals surface area contributed by atoms with Crippen molar-refractivity contribution in [2.24, 2.45) is 0 Å². The summed E-state index contributed by atoms with van der Waals surface area (Å²) in [5.74, 6) is -0.495. The van der Waals surface area contributed by atoms with Crippen LogP contribution in [0, 0.1) is 0 Å². The van der Waals surface area contributed by atoms with E-state index in [1.54, 1.807) is 15.9 Å². The minimum Gasteiger partial charge on any atom is -0.375 e. The lowest BCUT2D eigenvalue weighted by molar-refractivity contribution is -0.139. The predicted molar refractivity (Wildman–Crippen MR) is 93.4 cm³/mol. The highest BCUT2D eigenvalue weighted by atomic mass is 16.5. The first kappa shape index (κ1) is 17.0. The van der Waals surface area contributed by atoms with Crippen molar-refractivity contribution in [1.82, 2.24) is 15.1 Å². The van der Waals surface area contributed by atoms with E-state index in [1.807, 2.05) is 25.1 Å². The number of carbonyl (C=O) groups is 3. The van der Waals surface area contributed by atoms with Crippen molar-refractivity contribution in [2.45, 2.75) is 38.0 Å². The van der Waals surface area contributed by atoms with E-state index in [1.165, 1.54) is 0 Å². The standard InChI is InChI=1S/C19H23N3O4/c1-12-11-21(8-9-26-12)16(23)10-20-18(24)17-14-4-2-3-5-15(14)19(25)22(17)13-6-7-13/h2-5,12-13,17H,6-11H2,1H3,(H,20,24)/t12-,17-/m1/s1. The Balaban J connectivity index is 1.45. The third kappa shape index (κ3) is 3.07. The van der Waals surface area contributed by atoms with Gasteiger partial charge in [0.1, 0.15) is 6.04 Å². The summed E-state index contributed by atoms with van der Waals surface area (Å²) in [6.45, 7) is 3.45. The Bertz CT molecular complexity index is 746. The predicted octanol–water partition coefficient (Wildman–Crippen LogP) is 0.709.